The van der Waals surface area contributed by atoms with E-state index in [4.69, 9.17) is 4.74 Å². The third-order valence-corrected chi connectivity index (χ3v) is 15.7. The maximum absolute atomic E-state index is 14.6. The Morgan fingerprint density at radius 1 is 0.800 bits per heavy atom. The summed E-state index contributed by atoms with van der Waals surface area (Å²) >= 11 is 0. The Bertz CT molecular complexity index is 1330. The van der Waals surface area contributed by atoms with Crippen LogP contribution in [0.25, 0.3) is 0 Å². The van der Waals surface area contributed by atoms with Crippen LogP contribution in [0.2, 0.25) is 0 Å². The van der Waals surface area contributed by atoms with Gasteiger partial charge in [-0.25, -0.2) is 0 Å². The van der Waals surface area contributed by atoms with Crippen molar-refractivity contribution in [2.45, 2.75) is 138 Å². The van der Waals surface area contributed by atoms with Crippen LogP contribution in [0.1, 0.15) is 132 Å². The molecule has 0 saturated heterocycles. The monoisotopic (exact) mass is 624 g/mol. The number of hydrogen-bond donors (Lipinski definition) is 2. The van der Waals surface area contributed by atoms with Crippen molar-refractivity contribution in [2.24, 2.45) is 62.1 Å². The number of fused-ring (bicyclic) bond motifs is 7. The summed E-state index contributed by atoms with van der Waals surface area (Å²) in [5, 5.41) is 20.0. The number of aliphatic carboxylic acids is 2. The number of allylic oxidation sites excluding steroid dienone is 2. The van der Waals surface area contributed by atoms with Gasteiger partial charge in [0.15, 0.2) is 5.78 Å². The molecule has 5 fully saturated rings. The molecule has 250 valence electrons. The van der Waals surface area contributed by atoms with Gasteiger partial charge in [0.25, 0.3) is 0 Å². The molecule has 11 atom stereocenters. The van der Waals surface area contributed by atoms with Crippen LogP contribution in [-0.2, 0) is 23.9 Å². The highest BCUT2D eigenvalue weighted by Crippen LogP contribution is 2.75. The lowest BCUT2D eigenvalue weighted by atomic mass is 9.33. The molecule has 45 heavy (non-hydrogen) atoms. The average molecular weight is 625 g/mol. The van der Waals surface area contributed by atoms with E-state index in [2.05, 4.69) is 41.5 Å². The zero-order valence-electron chi connectivity index (χ0n) is 28.7. The Morgan fingerprint density at radius 2 is 1.44 bits per heavy atom. The zero-order chi connectivity index (χ0) is 33.0. The second-order valence-electron chi connectivity index (χ2n) is 18.2. The number of carbonyl (C=O) groups excluding carboxylic acids is 2. The van der Waals surface area contributed by atoms with E-state index < -0.39 is 29.2 Å². The van der Waals surface area contributed by atoms with Gasteiger partial charge in [0.1, 0.15) is 6.10 Å². The highest BCUT2D eigenvalue weighted by molar-refractivity contribution is 5.95. The summed E-state index contributed by atoms with van der Waals surface area (Å²) in [5.41, 5.74) is -0.576. The molecular formula is C38H56O7. The molecule has 5 saturated carbocycles. The Morgan fingerprint density at radius 3 is 2.09 bits per heavy atom. The molecule has 0 aromatic heterocycles. The van der Waals surface area contributed by atoms with Crippen molar-refractivity contribution in [1.29, 1.82) is 0 Å². The largest absolute Gasteiger partial charge is 0.481 e. The second kappa shape index (κ2) is 10.4. The minimum absolute atomic E-state index is 0.0206. The van der Waals surface area contributed by atoms with E-state index in [1.165, 1.54) is 5.57 Å². The Balaban J connectivity index is 1.30. The smallest absolute Gasteiger partial charge is 0.310 e. The molecule has 0 radical (unpaired) electrons. The van der Waals surface area contributed by atoms with Crippen LogP contribution in [0.4, 0.5) is 0 Å². The maximum Gasteiger partial charge on any atom is 0.310 e. The lowest BCUT2D eigenvalue weighted by Gasteiger charge is -2.70. The molecule has 6 rings (SSSR count). The van der Waals surface area contributed by atoms with Gasteiger partial charge in [-0.2, -0.15) is 0 Å². The van der Waals surface area contributed by atoms with Gasteiger partial charge in [-0.3, -0.25) is 19.2 Å². The van der Waals surface area contributed by atoms with E-state index in [1.54, 1.807) is 0 Å². The van der Waals surface area contributed by atoms with Gasteiger partial charge in [0.2, 0.25) is 0 Å². The lowest BCUT2D eigenvalue weighted by molar-refractivity contribution is -0.213. The number of ketones is 1. The molecule has 4 unspecified atom stereocenters. The van der Waals surface area contributed by atoms with Crippen molar-refractivity contribution in [3.63, 3.8) is 0 Å². The van der Waals surface area contributed by atoms with Crippen LogP contribution in [0.5, 0.6) is 0 Å². The summed E-state index contributed by atoms with van der Waals surface area (Å²) in [6.07, 6.45) is 12.0. The van der Waals surface area contributed by atoms with Gasteiger partial charge in [-0.05, 0) is 117 Å². The molecular weight excluding hydrogens is 568 g/mol. The van der Waals surface area contributed by atoms with Gasteiger partial charge >= 0.3 is 17.9 Å². The first kappa shape index (κ1) is 32.7. The minimum atomic E-state index is -0.903. The van der Waals surface area contributed by atoms with Crippen LogP contribution < -0.4 is 0 Å². The summed E-state index contributed by atoms with van der Waals surface area (Å²) in [4.78, 5) is 52.4. The molecule has 6 aliphatic rings. The quantitative estimate of drug-likeness (QED) is 0.306. The third kappa shape index (κ3) is 4.54. The summed E-state index contributed by atoms with van der Waals surface area (Å²) in [6, 6.07) is 0. The molecule has 0 heterocycles. The first-order valence-corrected chi connectivity index (χ1v) is 17.8. The number of hydrogen-bond acceptors (Lipinski definition) is 5. The van der Waals surface area contributed by atoms with E-state index in [0.717, 1.165) is 51.4 Å². The maximum atomic E-state index is 14.6. The SMILES string of the molecule is CC12CC[C@](C)(C(=O)O)C[C@@H]1C1=CC(=O)[C@@H]3C4(C)CC[C@H](OC(=O)[C@H]5CCCC[C@H]5C(=O)O)C(C)(C)C4CCC3(C)[C@]1(C)CC2. The Kier molecular flexibility index (Phi) is 7.58. The number of carbonyl (C=O) groups is 4. The number of rotatable bonds is 4. The van der Waals surface area contributed by atoms with Crippen LogP contribution in [0, 0.1) is 62.1 Å². The minimum Gasteiger partial charge on any atom is -0.481 e. The van der Waals surface area contributed by atoms with Gasteiger partial charge < -0.3 is 14.9 Å². The number of esters is 1. The summed E-state index contributed by atoms with van der Waals surface area (Å²) in [7, 11) is 0. The molecule has 0 aromatic rings. The highest BCUT2D eigenvalue weighted by atomic mass is 16.5. The Hall–Kier alpha value is -2.18. The topological polar surface area (TPSA) is 118 Å². The normalized spacial score (nSPS) is 48.9. The van der Waals surface area contributed by atoms with Crippen LogP contribution in [0.3, 0.4) is 0 Å². The van der Waals surface area contributed by atoms with Crippen molar-refractivity contribution in [2.75, 3.05) is 0 Å². The molecule has 0 spiro atoms. The zero-order valence-corrected chi connectivity index (χ0v) is 28.7. The molecule has 0 bridgehead atoms. The van der Waals surface area contributed by atoms with E-state index in [9.17, 15) is 29.4 Å². The molecule has 6 aliphatic carbocycles. The van der Waals surface area contributed by atoms with Crippen molar-refractivity contribution >= 4 is 23.7 Å². The summed E-state index contributed by atoms with van der Waals surface area (Å²) in [5.74, 6) is -2.91. The fraction of sp³-hybridized carbons (Fsp3) is 0.842. The first-order chi connectivity index (χ1) is 20.8. The second-order valence-corrected chi connectivity index (χ2v) is 18.2. The van der Waals surface area contributed by atoms with Crippen molar-refractivity contribution < 1.29 is 34.1 Å². The van der Waals surface area contributed by atoms with E-state index in [-0.39, 0.29) is 62.7 Å². The molecule has 0 aromatic carbocycles. The third-order valence-electron chi connectivity index (χ3n) is 15.7. The lowest BCUT2D eigenvalue weighted by Crippen LogP contribution is -2.66. The van der Waals surface area contributed by atoms with Crippen molar-refractivity contribution in [3.05, 3.63) is 11.6 Å². The summed E-state index contributed by atoms with van der Waals surface area (Å²) < 4.78 is 6.28. The standard InChI is InChI=1S/C38H56O7/c1-33(2)27-12-15-38(7)29(36(27,5)14-13-28(33)45-31(42)23-11-9-8-10-22(23)30(40)41)26(39)20-24-25-21-35(4,32(43)44)17-16-34(25,3)18-19-37(24,38)6/h20,22-23,25,27-29H,8-19,21H2,1-7H3,(H,40,41)(H,43,44)/t22-,23+,25-,27?,28+,29-,34?,35+,36?,37-,38?/m1/s1. The average Bonchev–Trinajstić information content (AvgIpc) is 2.96. The summed E-state index contributed by atoms with van der Waals surface area (Å²) in [6.45, 7) is 15.7. The van der Waals surface area contributed by atoms with Gasteiger partial charge in [0, 0.05) is 11.3 Å². The molecule has 0 amide bonds. The first-order valence-electron chi connectivity index (χ1n) is 17.8. The number of carboxylic acid groups (broad SMARTS) is 2. The van der Waals surface area contributed by atoms with Crippen molar-refractivity contribution in [3.8, 4) is 0 Å². The number of carboxylic acids is 2. The van der Waals surface area contributed by atoms with Crippen LogP contribution in [0.15, 0.2) is 11.6 Å². The van der Waals surface area contributed by atoms with E-state index in [1.807, 2.05) is 13.0 Å². The number of ether oxygens (including phenoxy) is 1. The van der Waals surface area contributed by atoms with E-state index in [0.29, 0.717) is 32.1 Å². The molecule has 7 nitrogen and oxygen atoms in total. The fourth-order valence-corrected chi connectivity index (χ4v) is 12.5. The highest BCUT2D eigenvalue weighted by Gasteiger charge is 2.70. The molecule has 2 N–H and O–H groups in total. The van der Waals surface area contributed by atoms with Crippen LogP contribution >= 0.6 is 0 Å². The van der Waals surface area contributed by atoms with Crippen molar-refractivity contribution in [1.82, 2.24) is 0 Å². The van der Waals surface area contributed by atoms with Gasteiger partial charge in [-0.1, -0.05) is 60.0 Å². The Labute approximate surface area is 269 Å². The fourth-order valence-electron chi connectivity index (χ4n) is 12.5. The van der Waals surface area contributed by atoms with Crippen LogP contribution in [-0.4, -0.2) is 40.0 Å². The predicted octanol–water partition coefficient (Wildman–Crippen LogP) is 7.85. The predicted molar refractivity (Wildman–Crippen MR) is 170 cm³/mol. The molecule has 7 heteroatoms. The van der Waals surface area contributed by atoms with Gasteiger partial charge in [0.05, 0.1) is 17.3 Å². The molecule has 0 aliphatic heterocycles. The van der Waals surface area contributed by atoms with Gasteiger partial charge in [-0.15, -0.1) is 0 Å². The van der Waals surface area contributed by atoms with E-state index >= 15 is 0 Å².